The van der Waals surface area contributed by atoms with E-state index in [9.17, 15) is 27.2 Å². The number of hydrogen-bond donors (Lipinski definition) is 2. The largest absolute Gasteiger partial charge is 0.463 e. The van der Waals surface area contributed by atoms with E-state index in [-0.39, 0.29) is 25.1 Å². The highest BCUT2D eigenvalue weighted by atomic mass is 35.5. The number of benzene rings is 1. The average molecular weight is 385 g/mol. The number of esters is 1. The molecule has 1 aromatic carbocycles. The molecule has 0 spiro atoms. The Kier molecular flexibility index (Phi) is 7.04. The van der Waals surface area contributed by atoms with Gasteiger partial charge in [0.25, 0.3) is 0 Å². The number of alkyl halides is 3. The van der Waals surface area contributed by atoms with Gasteiger partial charge < -0.3 is 15.4 Å². The summed E-state index contributed by atoms with van der Waals surface area (Å²) in [6.45, 7) is 2.57. The molecule has 25 heavy (non-hydrogen) atoms. The minimum atomic E-state index is -5.25. The van der Waals surface area contributed by atoms with Crippen molar-refractivity contribution in [1.82, 2.24) is 5.32 Å². The molecule has 5 nitrogen and oxygen atoms in total. The zero-order chi connectivity index (χ0) is 19.3. The number of nitrogens with one attached hydrogen (secondary N) is 2. The predicted octanol–water partition coefficient (Wildman–Crippen LogP) is 3.63. The van der Waals surface area contributed by atoms with E-state index in [4.69, 9.17) is 11.6 Å². The molecule has 0 aliphatic rings. The highest BCUT2D eigenvalue weighted by molar-refractivity contribution is 6.31. The Morgan fingerprint density at radius 2 is 1.88 bits per heavy atom. The van der Waals surface area contributed by atoms with E-state index in [0.717, 1.165) is 18.2 Å². The average Bonchev–Trinajstić information content (AvgIpc) is 2.49. The Morgan fingerprint density at radius 1 is 1.24 bits per heavy atom. The fourth-order valence-corrected chi connectivity index (χ4v) is 2.10. The number of carbonyl (C=O) groups excluding carboxylic acids is 2. The van der Waals surface area contributed by atoms with E-state index >= 15 is 0 Å². The molecule has 0 radical (unpaired) electrons. The number of anilines is 1. The van der Waals surface area contributed by atoms with Crippen molar-refractivity contribution in [3.05, 3.63) is 29.0 Å². The lowest BCUT2D eigenvalue weighted by atomic mass is 10.1. The van der Waals surface area contributed by atoms with Crippen LogP contribution < -0.4 is 10.6 Å². The summed E-state index contributed by atoms with van der Waals surface area (Å²) in [5.41, 5.74) is -3.86. The van der Waals surface area contributed by atoms with Crippen LogP contribution in [0.1, 0.15) is 26.7 Å². The second-order valence-electron chi connectivity index (χ2n) is 5.02. The highest BCUT2D eigenvalue weighted by Gasteiger charge is 2.63. The number of halogens is 5. The zero-order valence-electron chi connectivity index (χ0n) is 13.5. The van der Waals surface area contributed by atoms with E-state index in [1.165, 1.54) is 6.92 Å². The van der Waals surface area contributed by atoms with Gasteiger partial charge in [0.1, 0.15) is 5.82 Å². The van der Waals surface area contributed by atoms with Gasteiger partial charge in [0, 0.05) is 12.1 Å². The van der Waals surface area contributed by atoms with Gasteiger partial charge in [0.2, 0.25) is 5.91 Å². The van der Waals surface area contributed by atoms with Crippen molar-refractivity contribution >= 4 is 29.2 Å². The van der Waals surface area contributed by atoms with Crippen LogP contribution in [0.5, 0.6) is 0 Å². The van der Waals surface area contributed by atoms with Gasteiger partial charge in [-0.1, -0.05) is 18.5 Å². The minimum Gasteiger partial charge on any atom is -0.463 e. The van der Waals surface area contributed by atoms with Crippen molar-refractivity contribution in [3.63, 3.8) is 0 Å². The minimum absolute atomic E-state index is 0.233. The standard InChI is InChI=1S/C15H17ClF4N2O3/c1-3-5-12(23)22-14(15(18,19)20,13(24)25-4-2)21-9-6-7-11(17)10(16)8-9/h6-8,21H,3-5H2,1-2H3,(H,22,23)/t14-/m1/s1. The van der Waals surface area contributed by atoms with Crippen LogP contribution in [0.25, 0.3) is 0 Å². The van der Waals surface area contributed by atoms with Crippen molar-refractivity contribution in [1.29, 1.82) is 0 Å². The van der Waals surface area contributed by atoms with Crippen molar-refractivity contribution in [2.24, 2.45) is 0 Å². The van der Waals surface area contributed by atoms with E-state index in [2.05, 4.69) is 4.74 Å². The summed E-state index contributed by atoms with van der Waals surface area (Å²) in [5, 5.41) is 3.09. The molecule has 0 aliphatic carbocycles. The van der Waals surface area contributed by atoms with Gasteiger partial charge in [-0.25, -0.2) is 9.18 Å². The van der Waals surface area contributed by atoms with E-state index in [0.29, 0.717) is 0 Å². The summed E-state index contributed by atoms with van der Waals surface area (Å²) in [7, 11) is 0. The second-order valence-corrected chi connectivity index (χ2v) is 5.43. The normalized spacial score (nSPS) is 13.7. The molecular formula is C15H17ClF4N2O3. The summed E-state index contributed by atoms with van der Waals surface area (Å²) >= 11 is 5.55. The molecule has 2 N–H and O–H groups in total. The van der Waals surface area contributed by atoms with E-state index in [1.807, 2.05) is 5.32 Å². The Hall–Kier alpha value is -2.03. The fraction of sp³-hybridized carbons (Fsp3) is 0.467. The molecule has 0 aliphatic heterocycles. The van der Waals surface area contributed by atoms with Gasteiger partial charge in [-0.3, -0.25) is 4.79 Å². The highest BCUT2D eigenvalue weighted by Crippen LogP contribution is 2.34. The van der Waals surface area contributed by atoms with Crippen LogP contribution in [0, 0.1) is 5.82 Å². The summed E-state index contributed by atoms with van der Waals surface area (Å²) in [6.07, 6.45) is -5.21. The lowest BCUT2D eigenvalue weighted by Gasteiger charge is -2.35. The molecule has 140 valence electrons. The first-order valence-corrected chi connectivity index (χ1v) is 7.73. The Labute approximate surface area is 146 Å². The Morgan fingerprint density at radius 3 is 2.36 bits per heavy atom. The molecule has 1 aromatic rings. The lowest BCUT2D eigenvalue weighted by Crippen LogP contribution is -2.69. The molecule has 0 bridgehead atoms. The van der Waals surface area contributed by atoms with Gasteiger partial charge in [-0.15, -0.1) is 0 Å². The van der Waals surface area contributed by atoms with Crippen LogP contribution in [0.2, 0.25) is 5.02 Å². The van der Waals surface area contributed by atoms with Crippen molar-refractivity contribution in [2.45, 2.75) is 38.5 Å². The number of rotatable bonds is 7. The maximum absolute atomic E-state index is 13.7. The molecule has 10 heteroatoms. The quantitative estimate of drug-likeness (QED) is 0.428. The van der Waals surface area contributed by atoms with Crippen molar-refractivity contribution in [3.8, 4) is 0 Å². The maximum Gasteiger partial charge on any atom is 0.441 e. The smallest absolute Gasteiger partial charge is 0.441 e. The molecule has 1 atom stereocenters. The van der Waals surface area contributed by atoms with Crippen LogP contribution in [-0.4, -0.2) is 30.3 Å². The first kappa shape index (κ1) is 21.0. The second kappa shape index (κ2) is 8.37. The molecule has 1 amide bonds. The molecule has 1 rings (SSSR count). The van der Waals surface area contributed by atoms with Crippen LogP contribution in [0.15, 0.2) is 18.2 Å². The van der Waals surface area contributed by atoms with E-state index < -0.39 is 34.6 Å². The van der Waals surface area contributed by atoms with E-state index in [1.54, 1.807) is 12.2 Å². The SMILES string of the molecule is CCCC(=O)N[C@](Nc1ccc(F)c(Cl)c1)(C(=O)OCC)C(F)(F)F. The van der Waals surface area contributed by atoms with Crippen LogP contribution in [-0.2, 0) is 14.3 Å². The summed E-state index contributed by atoms with van der Waals surface area (Å²) in [6, 6.07) is 2.64. The van der Waals surface area contributed by atoms with Crippen molar-refractivity contribution in [2.75, 3.05) is 11.9 Å². The van der Waals surface area contributed by atoms with Gasteiger partial charge in [0.05, 0.1) is 11.6 Å². The summed E-state index contributed by atoms with van der Waals surface area (Å²) in [5.74, 6) is -3.60. The molecule has 0 unspecified atom stereocenters. The van der Waals surface area contributed by atoms with Crippen molar-refractivity contribution < 1.29 is 31.9 Å². The van der Waals surface area contributed by atoms with Crippen LogP contribution in [0.3, 0.4) is 0 Å². The van der Waals surface area contributed by atoms with Gasteiger partial charge in [-0.05, 0) is 31.5 Å². The topological polar surface area (TPSA) is 67.4 Å². The summed E-state index contributed by atoms with van der Waals surface area (Å²) < 4.78 is 58.9. The molecule has 0 saturated heterocycles. The Balaban J connectivity index is 3.37. The molecule has 0 fully saturated rings. The summed E-state index contributed by atoms with van der Waals surface area (Å²) in [4.78, 5) is 23.9. The maximum atomic E-state index is 13.7. The number of ether oxygens (including phenoxy) is 1. The van der Waals surface area contributed by atoms with Gasteiger partial charge in [0.15, 0.2) is 0 Å². The number of carbonyl (C=O) groups is 2. The fourth-order valence-electron chi connectivity index (χ4n) is 1.92. The lowest BCUT2D eigenvalue weighted by molar-refractivity contribution is -0.207. The third kappa shape index (κ3) is 4.97. The molecular weight excluding hydrogens is 368 g/mol. The zero-order valence-corrected chi connectivity index (χ0v) is 14.2. The third-order valence-electron chi connectivity index (χ3n) is 3.06. The van der Waals surface area contributed by atoms with Gasteiger partial charge >= 0.3 is 17.8 Å². The Bertz CT molecular complexity index is 640. The van der Waals surface area contributed by atoms with Crippen LogP contribution in [0.4, 0.5) is 23.2 Å². The monoisotopic (exact) mass is 384 g/mol. The first-order chi connectivity index (χ1) is 11.6. The molecule has 0 heterocycles. The third-order valence-corrected chi connectivity index (χ3v) is 3.35. The molecule has 0 aromatic heterocycles. The number of hydrogen-bond acceptors (Lipinski definition) is 4. The van der Waals surface area contributed by atoms with Crippen LogP contribution >= 0.6 is 11.6 Å². The predicted molar refractivity (Wildman–Crippen MR) is 83.5 cm³/mol. The molecule has 0 saturated carbocycles. The van der Waals surface area contributed by atoms with Gasteiger partial charge in [-0.2, -0.15) is 13.2 Å². The number of amides is 1. The first-order valence-electron chi connectivity index (χ1n) is 7.35.